The van der Waals surface area contributed by atoms with Gasteiger partial charge in [0.2, 0.25) is 16.8 Å². The lowest BCUT2D eigenvalue weighted by atomic mass is 9.75. The highest BCUT2D eigenvalue weighted by atomic mass is 32.2. The van der Waals surface area contributed by atoms with Crippen LogP contribution in [0.3, 0.4) is 0 Å². The summed E-state index contributed by atoms with van der Waals surface area (Å²) in [6, 6.07) is 10.1. The molecule has 2 aromatic rings. The first-order valence-electron chi connectivity index (χ1n) is 14.6. The first kappa shape index (κ1) is 29.4. The highest BCUT2D eigenvalue weighted by Crippen LogP contribution is 2.81. The second-order valence-corrected chi connectivity index (χ2v) is 20.4. The van der Waals surface area contributed by atoms with Gasteiger partial charge in [-0.05, 0) is 73.6 Å². The van der Waals surface area contributed by atoms with Crippen LogP contribution in [0.2, 0.25) is 18.1 Å². The molecule has 0 amide bonds. The minimum atomic E-state index is -3.88. The van der Waals surface area contributed by atoms with Gasteiger partial charge in [0, 0.05) is 29.5 Å². The fourth-order valence-corrected chi connectivity index (χ4v) is 10.8. The Balaban J connectivity index is 1.53. The summed E-state index contributed by atoms with van der Waals surface area (Å²) in [6.45, 7) is 17.6. The van der Waals surface area contributed by atoms with Crippen LogP contribution in [0, 0.1) is 18.3 Å². The average Bonchev–Trinajstić information content (AvgIpc) is 3.18. The van der Waals surface area contributed by atoms with Gasteiger partial charge in [-0.2, -0.15) is 4.31 Å². The number of fused-ring (bicyclic) bond motifs is 2. The number of aryl methyl sites for hydroxylation is 1. The van der Waals surface area contributed by atoms with Crippen LogP contribution in [-0.4, -0.2) is 59.6 Å². The van der Waals surface area contributed by atoms with E-state index >= 15 is 0 Å². The molecule has 1 saturated heterocycles. The lowest BCUT2D eigenvalue weighted by Gasteiger charge is -2.45. The van der Waals surface area contributed by atoms with Gasteiger partial charge < -0.3 is 18.6 Å². The largest absolute Gasteiger partial charge is 0.465 e. The smallest absolute Gasteiger partial charge is 0.338 e. The van der Waals surface area contributed by atoms with Crippen molar-refractivity contribution in [3.8, 4) is 11.5 Å². The average molecular weight is 612 g/mol. The van der Waals surface area contributed by atoms with Crippen LogP contribution in [0.25, 0.3) is 0 Å². The Morgan fingerprint density at radius 2 is 1.76 bits per heavy atom. The third-order valence-electron chi connectivity index (χ3n) is 10.8. The van der Waals surface area contributed by atoms with E-state index in [0.717, 1.165) is 17.5 Å². The molecule has 2 aliphatic heterocycles. The number of hydrogen-bond donors (Lipinski definition) is 0. The summed E-state index contributed by atoms with van der Waals surface area (Å²) in [5.74, 6) is 0.564. The van der Waals surface area contributed by atoms with Crippen molar-refractivity contribution in [1.29, 1.82) is 0 Å². The van der Waals surface area contributed by atoms with E-state index in [-0.39, 0.29) is 35.3 Å². The number of sulfonamides is 1. The molecule has 226 valence electrons. The molecular weight excluding hydrogens is 571 g/mol. The van der Waals surface area contributed by atoms with Crippen molar-refractivity contribution in [2.24, 2.45) is 11.3 Å². The summed E-state index contributed by atoms with van der Waals surface area (Å²) in [5, 5.41) is 0.00324. The molecule has 2 aromatic carbocycles. The molecule has 3 fully saturated rings. The fraction of sp³-hybridized carbons (Fsp3) is 0.531. The van der Waals surface area contributed by atoms with Crippen molar-refractivity contribution < 1.29 is 31.8 Å². The highest BCUT2D eigenvalue weighted by molar-refractivity contribution is 7.89. The van der Waals surface area contributed by atoms with E-state index in [1.807, 2.05) is 31.2 Å². The van der Waals surface area contributed by atoms with Crippen LogP contribution in [0.4, 0.5) is 0 Å². The summed E-state index contributed by atoms with van der Waals surface area (Å²) in [7, 11) is -4.68. The molecule has 0 unspecified atom stereocenters. The maximum atomic E-state index is 14.4. The summed E-state index contributed by atoms with van der Waals surface area (Å²) >= 11 is 0. The van der Waals surface area contributed by atoms with Crippen molar-refractivity contribution in [2.75, 3.05) is 20.4 Å². The predicted molar refractivity (Wildman–Crippen MR) is 162 cm³/mol. The molecule has 0 radical (unpaired) electrons. The van der Waals surface area contributed by atoms with Gasteiger partial charge in [0.15, 0.2) is 19.8 Å². The van der Waals surface area contributed by atoms with Gasteiger partial charge in [-0.15, -0.1) is 6.58 Å². The van der Waals surface area contributed by atoms with E-state index in [4.69, 9.17) is 18.6 Å². The third-order valence-corrected chi connectivity index (χ3v) is 17.2. The zero-order chi connectivity index (χ0) is 30.5. The van der Waals surface area contributed by atoms with E-state index in [1.165, 1.54) is 7.11 Å². The molecule has 2 heterocycles. The number of hydrogen-bond acceptors (Lipinski definition) is 7. The van der Waals surface area contributed by atoms with Crippen LogP contribution in [0.5, 0.6) is 11.5 Å². The fourth-order valence-electron chi connectivity index (χ4n) is 7.70. The molecule has 10 heteroatoms. The number of carbonyl (C=O) groups excluding carboxylic acids is 1. The molecule has 0 spiro atoms. The van der Waals surface area contributed by atoms with E-state index in [0.29, 0.717) is 23.5 Å². The number of rotatable bonds is 7. The number of benzene rings is 2. The molecule has 8 nitrogen and oxygen atoms in total. The monoisotopic (exact) mass is 611 g/mol. The maximum Gasteiger partial charge on any atom is 0.338 e. The molecule has 2 aliphatic carbocycles. The van der Waals surface area contributed by atoms with Crippen molar-refractivity contribution >= 4 is 24.3 Å². The molecule has 6 rings (SSSR count). The van der Waals surface area contributed by atoms with Gasteiger partial charge in [-0.1, -0.05) is 44.5 Å². The zero-order valence-electron chi connectivity index (χ0n) is 25.5. The van der Waals surface area contributed by atoms with Crippen molar-refractivity contribution in [1.82, 2.24) is 4.31 Å². The lowest BCUT2D eigenvalue weighted by molar-refractivity contribution is 0.0594. The normalized spacial score (nSPS) is 30.1. The molecule has 5 atom stereocenters. The van der Waals surface area contributed by atoms with E-state index < -0.39 is 41.2 Å². The first-order valence-corrected chi connectivity index (χ1v) is 18.9. The molecule has 2 saturated carbocycles. The van der Waals surface area contributed by atoms with Crippen LogP contribution >= 0.6 is 0 Å². The highest BCUT2D eigenvalue weighted by Gasteiger charge is 2.86. The SMILES string of the molecule is C=C[C@@]12CN(S(=O)(=O)c3ccc(C)cc3)[C@H]3C[C@@H](O[Si](C)(C)C(C)(C)C)C[C@@H]1[C@]32c1cc2c(cc1C(=O)OC)OCO2. The van der Waals surface area contributed by atoms with Gasteiger partial charge >= 0.3 is 5.97 Å². The molecule has 0 N–H and O–H groups in total. The van der Waals surface area contributed by atoms with Crippen LogP contribution in [0.15, 0.2) is 53.9 Å². The Kier molecular flexibility index (Phi) is 6.59. The quantitative estimate of drug-likeness (QED) is 0.222. The minimum Gasteiger partial charge on any atom is -0.465 e. The second-order valence-electron chi connectivity index (χ2n) is 13.8. The Morgan fingerprint density at radius 3 is 2.36 bits per heavy atom. The number of esters is 1. The lowest BCUT2D eigenvalue weighted by Crippen LogP contribution is -2.52. The van der Waals surface area contributed by atoms with Crippen LogP contribution in [-0.2, 0) is 24.6 Å². The number of nitrogens with zero attached hydrogens (tertiary/aromatic N) is 1. The van der Waals surface area contributed by atoms with Crippen molar-refractivity contribution in [3.05, 3.63) is 65.7 Å². The van der Waals surface area contributed by atoms with Crippen molar-refractivity contribution in [2.45, 2.75) is 81.1 Å². The van der Waals surface area contributed by atoms with Gasteiger partial charge in [0.25, 0.3) is 0 Å². The minimum absolute atomic E-state index is 0.00324. The first-order chi connectivity index (χ1) is 19.6. The molecule has 42 heavy (non-hydrogen) atoms. The molecular formula is C32H41NO7SSi. The Hall–Kier alpha value is -2.66. The maximum absolute atomic E-state index is 14.4. The zero-order valence-corrected chi connectivity index (χ0v) is 27.3. The number of methoxy groups -OCH3 is 1. The topological polar surface area (TPSA) is 91.4 Å². The summed E-state index contributed by atoms with van der Waals surface area (Å²) in [5.41, 5.74) is 0.822. The summed E-state index contributed by atoms with van der Waals surface area (Å²) < 4.78 is 54.0. The Labute approximate surface area is 250 Å². The van der Waals surface area contributed by atoms with E-state index in [1.54, 1.807) is 22.5 Å². The van der Waals surface area contributed by atoms with Gasteiger partial charge in [0.05, 0.1) is 17.6 Å². The third kappa shape index (κ3) is 3.91. The standard InChI is InChI=1S/C32H41NO7SSi/c1-9-31-18-33(41(35,36)22-12-10-20(2)11-13-22)28-15-21(40-42(7,8)30(3,4)5)14-27(31)32(28,31)24-17-26-25(38-19-39-26)16-23(24)29(34)37-6/h9-13,16-17,21,27-28H,1,14-15,18-19H2,2-8H3/t21-,27-,28-,31+,32+/m0/s1. The Bertz CT molecular complexity index is 1560. The molecule has 0 bridgehead atoms. The predicted octanol–water partition coefficient (Wildman–Crippen LogP) is 5.81. The van der Waals surface area contributed by atoms with Gasteiger partial charge in [-0.25, -0.2) is 13.2 Å². The van der Waals surface area contributed by atoms with E-state index in [9.17, 15) is 13.2 Å². The van der Waals surface area contributed by atoms with Crippen LogP contribution in [0.1, 0.15) is 55.1 Å². The Morgan fingerprint density at radius 1 is 1.12 bits per heavy atom. The summed E-state index contributed by atoms with van der Waals surface area (Å²) in [4.78, 5) is 13.5. The molecule has 4 aliphatic rings. The summed E-state index contributed by atoms with van der Waals surface area (Å²) in [6.07, 6.45) is 3.07. The number of ether oxygens (including phenoxy) is 3. The van der Waals surface area contributed by atoms with E-state index in [2.05, 4.69) is 40.4 Å². The number of carbonyl (C=O) groups is 1. The van der Waals surface area contributed by atoms with Crippen molar-refractivity contribution in [3.63, 3.8) is 0 Å². The molecule has 0 aromatic heterocycles. The van der Waals surface area contributed by atoms with Gasteiger partial charge in [-0.3, -0.25) is 0 Å². The van der Waals surface area contributed by atoms with Gasteiger partial charge in [0.1, 0.15) is 0 Å². The van der Waals surface area contributed by atoms with Crippen LogP contribution < -0.4 is 9.47 Å². The number of piperidine rings is 1. The second kappa shape index (κ2) is 9.42.